The van der Waals surface area contributed by atoms with Crippen molar-refractivity contribution in [2.45, 2.75) is 13.8 Å². The number of hydrogen-bond acceptors (Lipinski definition) is 5. The molecule has 0 fully saturated rings. The van der Waals surface area contributed by atoms with Gasteiger partial charge in [-0.2, -0.15) is 4.68 Å². The molecule has 0 aliphatic heterocycles. The van der Waals surface area contributed by atoms with E-state index in [0.717, 1.165) is 0 Å². The van der Waals surface area contributed by atoms with Gasteiger partial charge < -0.3 is 9.47 Å². The Morgan fingerprint density at radius 3 is 2.57 bits per heavy atom. The Balaban J connectivity index is 2.00. The van der Waals surface area contributed by atoms with Gasteiger partial charge in [-0.05, 0) is 44.2 Å². The minimum absolute atomic E-state index is 0.261. The monoisotopic (exact) mass is 311 g/mol. The number of rotatable bonds is 5. The first kappa shape index (κ1) is 15.0. The predicted molar refractivity (Wildman–Crippen MR) is 86.0 cm³/mol. The highest BCUT2D eigenvalue weighted by molar-refractivity contribution is 6.00. The van der Waals surface area contributed by atoms with Gasteiger partial charge in [-0.25, -0.2) is 0 Å². The maximum absolute atomic E-state index is 12.7. The van der Waals surface area contributed by atoms with Crippen LogP contribution >= 0.6 is 0 Å². The van der Waals surface area contributed by atoms with E-state index in [4.69, 9.17) is 9.47 Å². The van der Waals surface area contributed by atoms with Crippen LogP contribution in [0.15, 0.2) is 42.5 Å². The topological polar surface area (TPSA) is 66.2 Å². The van der Waals surface area contributed by atoms with Crippen LogP contribution in [-0.2, 0) is 0 Å². The van der Waals surface area contributed by atoms with Gasteiger partial charge in [0.15, 0.2) is 11.5 Å². The molecule has 0 saturated carbocycles. The smallest absolute Gasteiger partial charge is 0.280 e. The summed E-state index contributed by atoms with van der Waals surface area (Å²) in [6, 6.07) is 12.4. The molecule has 0 saturated heterocycles. The van der Waals surface area contributed by atoms with Crippen molar-refractivity contribution in [1.82, 2.24) is 15.0 Å². The van der Waals surface area contributed by atoms with Gasteiger partial charge in [0.2, 0.25) is 0 Å². The average Bonchev–Trinajstić information content (AvgIpc) is 3.00. The van der Waals surface area contributed by atoms with E-state index in [2.05, 4.69) is 10.3 Å². The standard InChI is InChI=1S/C17H17N3O3/c1-3-22-15-10-9-12(11-16(15)23-4-2)17(21)20-14-8-6-5-7-13(14)18-19-20/h5-11H,3-4H2,1-2H3. The van der Waals surface area contributed by atoms with Crippen molar-refractivity contribution in [1.29, 1.82) is 0 Å². The van der Waals surface area contributed by atoms with Crippen LogP contribution in [-0.4, -0.2) is 34.1 Å². The van der Waals surface area contributed by atoms with Gasteiger partial charge in [0.05, 0.1) is 18.7 Å². The molecule has 118 valence electrons. The van der Waals surface area contributed by atoms with Crippen LogP contribution in [0.4, 0.5) is 0 Å². The third-order valence-corrected chi connectivity index (χ3v) is 3.33. The SMILES string of the molecule is CCOc1ccc(C(=O)n2nnc3ccccc32)cc1OCC. The molecule has 6 heteroatoms. The van der Waals surface area contributed by atoms with Gasteiger partial charge in [-0.1, -0.05) is 17.3 Å². The summed E-state index contributed by atoms with van der Waals surface area (Å²) >= 11 is 0. The number of fused-ring (bicyclic) bond motifs is 1. The van der Waals surface area contributed by atoms with Crippen LogP contribution < -0.4 is 9.47 Å². The number of para-hydroxylation sites is 1. The van der Waals surface area contributed by atoms with E-state index in [0.29, 0.717) is 41.3 Å². The first-order valence-corrected chi connectivity index (χ1v) is 7.49. The van der Waals surface area contributed by atoms with Gasteiger partial charge >= 0.3 is 0 Å². The van der Waals surface area contributed by atoms with Crippen molar-refractivity contribution in [2.75, 3.05) is 13.2 Å². The van der Waals surface area contributed by atoms with Crippen LogP contribution in [0.2, 0.25) is 0 Å². The largest absolute Gasteiger partial charge is 0.490 e. The number of hydrogen-bond donors (Lipinski definition) is 0. The third-order valence-electron chi connectivity index (χ3n) is 3.33. The molecule has 0 atom stereocenters. The fourth-order valence-electron chi connectivity index (χ4n) is 2.33. The molecule has 0 unspecified atom stereocenters. The Bertz CT molecular complexity index is 842. The molecule has 0 radical (unpaired) electrons. The Hall–Kier alpha value is -2.89. The molecular weight excluding hydrogens is 294 g/mol. The quantitative estimate of drug-likeness (QED) is 0.725. The fraction of sp³-hybridized carbons (Fsp3) is 0.235. The molecule has 23 heavy (non-hydrogen) atoms. The zero-order chi connectivity index (χ0) is 16.2. The average molecular weight is 311 g/mol. The molecular formula is C17H17N3O3. The molecule has 3 rings (SSSR count). The van der Waals surface area contributed by atoms with Gasteiger partial charge in [-0.3, -0.25) is 4.79 Å². The molecule has 0 aliphatic rings. The molecule has 1 aromatic heterocycles. The lowest BCUT2D eigenvalue weighted by molar-refractivity contribution is 0.0947. The maximum Gasteiger partial charge on any atom is 0.280 e. The lowest BCUT2D eigenvalue weighted by atomic mass is 10.2. The van der Waals surface area contributed by atoms with E-state index in [9.17, 15) is 4.79 Å². The summed E-state index contributed by atoms with van der Waals surface area (Å²) in [7, 11) is 0. The van der Waals surface area contributed by atoms with Crippen molar-refractivity contribution in [2.24, 2.45) is 0 Å². The molecule has 0 spiro atoms. The highest BCUT2D eigenvalue weighted by Crippen LogP contribution is 2.29. The Morgan fingerprint density at radius 1 is 1.04 bits per heavy atom. The number of aromatic nitrogens is 3. The summed E-state index contributed by atoms with van der Waals surface area (Å²) in [5, 5.41) is 7.96. The van der Waals surface area contributed by atoms with Crippen LogP contribution in [0, 0.1) is 0 Å². The second-order valence-corrected chi connectivity index (χ2v) is 4.82. The number of carbonyl (C=O) groups is 1. The Labute approximate surface area is 133 Å². The highest BCUT2D eigenvalue weighted by Gasteiger charge is 2.16. The number of ether oxygens (including phenoxy) is 2. The van der Waals surface area contributed by atoms with Crippen LogP contribution in [0.25, 0.3) is 11.0 Å². The van der Waals surface area contributed by atoms with Gasteiger partial charge in [0.1, 0.15) is 5.52 Å². The molecule has 2 aromatic carbocycles. The number of benzene rings is 2. The van der Waals surface area contributed by atoms with Crippen LogP contribution in [0.3, 0.4) is 0 Å². The third kappa shape index (κ3) is 2.88. The van der Waals surface area contributed by atoms with E-state index in [1.165, 1.54) is 4.68 Å². The van der Waals surface area contributed by atoms with Gasteiger partial charge in [-0.15, -0.1) is 5.10 Å². The molecule has 0 amide bonds. The Kier molecular flexibility index (Phi) is 4.23. The Morgan fingerprint density at radius 2 is 1.78 bits per heavy atom. The van der Waals surface area contributed by atoms with Crippen molar-refractivity contribution in [3.05, 3.63) is 48.0 Å². The summed E-state index contributed by atoms with van der Waals surface area (Å²) in [6.07, 6.45) is 0. The van der Waals surface area contributed by atoms with E-state index >= 15 is 0 Å². The number of carbonyl (C=O) groups excluding carboxylic acids is 1. The maximum atomic E-state index is 12.7. The minimum atomic E-state index is -0.261. The van der Waals surface area contributed by atoms with Crippen molar-refractivity contribution in [3.63, 3.8) is 0 Å². The van der Waals surface area contributed by atoms with E-state index < -0.39 is 0 Å². The highest BCUT2D eigenvalue weighted by atomic mass is 16.5. The first-order valence-electron chi connectivity index (χ1n) is 7.49. The zero-order valence-electron chi connectivity index (χ0n) is 13.0. The first-order chi connectivity index (χ1) is 11.2. The predicted octanol–water partition coefficient (Wildman–Crippen LogP) is 2.92. The molecule has 0 bridgehead atoms. The van der Waals surface area contributed by atoms with Crippen molar-refractivity contribution >= 4 is 16.9 Å². The lowest BCUT2D eigenvalue weighted by Crippen LogP contribution is -2.14. The molecule has 0 aliphatic carbocycles. The molecule has 3 aromatic rings. The summed E-state index contributed by atoms with van der Waals surface area (Å²) in [5.74, 6) is 0.904. The molecule has 0 N–H and O–H groups in total. The fourth-order valence-corrected chi connectivity index (χ4v) is 2.33. The summed E-state index contributed by atoms with van der Waals surface area (Å²) < 4.78 is 12.4. The molecule has 1 heterocycles. The van der Waals surface area contributed by atoms with Crippen molar-refractivity contribution in [3.8, 4) is 11.5 Å². The minimum Gasteiger partial charge on any atom is -0.490 e. The van der Waals surface area contributed by atoms with Crippen LogP contribution in [0.1, 0.15) is 24.2 Å². The van der Waals surface area contributed by atoms with Crippen LogP contribution in [0.5, 0.6) is 11.5 Å². The second kappa shape index (κ2) is 6.48. The summed E-state index contributed by atoms with van der Waals surface area (Å²) in [5.41, 5.74) is 1.81. The second-order valence-electron chi connectivity index (χ2n) is 4.82. The van der Waals surface area contributed by atoms with Gasteiger partial charge in [0, 0.05) is 5.56 Å². The van der Waals surface area contributed by atoms with Gasteiger partial charge in [0.25, 0.3) is 5.91 Å². The number of nitrogens with zero attached hydrogens (tertiary/aromatic N) is 3. The normalized spacial score (nSPS) is 10.7. The summed E-state index contributed by atoms with van der Waals surface area (Å²) in [4.78, 5) is 12.7. The van der Waals surface area contributed by atoms with Crippen molar-refractivity contribution < 1.29 is 14.3 Å². The summed E-state index contributed by atoms with van der Waals surface area (Å²) in [6.45, 7) is 4.80. The van der Waals surface area contributed by atoms with E-state index in [1.54, 1.807) is 18.2 Å². The lowest BCUT2D eigenvalue weighted by Gasteiger charge is -2.12. The molecule has 6 nitrogen and oxygen atoms in total. The zero-order valence-corrected chi connectivity index (χ0v) is 13.0. The van der Waals surface area contributed by atoms with E-state index in [-0.39, 0.29) is 5.91 Å². The van der Waals surface area contributed by atoms with E-state index in [1.807, 2.05) is 38.1 Å².